The number of fused-ring (bicyclic) bond motifs is 3. The van der Waals surface area contributed by atoms with E-state index >= 15 is 0 Å². The first kappa shape index (κ1) is 25.9. The van der Waals surface area contributed by atoms with Gasteiger partial charge in [-0.25, -0.2) is 14.8 Å². The summed E-state index contributed by atoms with van der Waals surface area (Å²) in [5.41, 5.74) is 11.0. The van der Waals surface area contributed by atoms with Gasteiger partial charge in [0.05, 0.1) is 15.7 Å². The van der Waals surface area contributed by atoms with Crippen LogP contribution in [0.4, 0.5) is 10.6 Å². The Morgan fingerprint density at radius 2 is 1.86 bits per heavy atom. The third kappa shape index (κ3) is 6.33. The van der Waals surface area contributed by atoms with Crippen molar-refractivity contribution < 1.29 is 9.53 Å². The smallest absolute Gasteiger partial charge is 0.407 e. The molecule has 0 saturated heterocycles. The van der Waals surface area contributed by atoms with E-state index in [4.69, 9.17) is 15.5 Å². The summed E-state index contributed by atoms with van der Waals surface area (Å²) >= 11 is 1.69. The number of nitrogens with zero attached hydrogens (tertiary/aromatic N) is 3. The molecule has 1 aromatic carbocycles. The lowest BCUT2D eigenvalue weighted by molar-refractivity contribution is 0.0528. The Bertz CT molecular complexity index is 1320. The average molecular weight is 509 g/mol. The molecule has 0 fully saturated rings. The fraction of sp³-hybridized carbons (Fsp3) is 0.444. The van der Waals surface area contributed by atoms with Crippen molar-refractivity contribution in [1.29, 1.82) is 0 Å². The molecule has 3 heterocycles. The van der Waals surface area contributed by atoms with Gasteiger partial charge in [-0.3, -0.25) is 0 Å². The molecule has 0 unspecified atom stereocenters. The molecule has 0 saturated carbocycles. The van der Waals surface area contributed by atoms with Gasteiger partial charge in [-0.2, -0.15) is 0 Å². The van der Waals surface area contributed by atoms with Crippen LogP contribution in [0, 0.1) is 0 Å². The van der Waals surface area contributed by atoms with Crippen LogP contribution in [-0.4, -0.2) is 39.3 Å². The van der Waals surface area contributed by atoms with Gasteiger partial charge in [-0.05, 0) is 49.8 Å². The predicted octanol–water partition coefficient (Wildman–Crippen LogP) is 5.23. The lowest BCUT2D eigenvalue weighted by atomic mass is 10.1. The Hall–Kier alpha value is -3.17. The molecular weight excluding hydrogens is 472 g/mol. The number of nitrogen functional groups attached to an aromatic ring is 1. The highest BCUT2D eigenvalue weighted by molar-refractivity contribution is 7.18. The Labute approximate surface area is 216 Å². The summed E-state index contributed by atoms with van der Waals surface area (Å²) in [4.78, 5) is 21.2. The summed E-state index contributed by atoms with van der Waals surface area (Å²) in [6.45, 7) is 10.4. The number of carbonyl (C=O) groups excluding carboxylic acids is 1. The molecule has 4 N–H and O–H groups in total. The minimum absolute atomic E-state index is 0.392. The van der Waals surface area contributed by atoms with Crippen LogP contribution in [0.15, 0.2) is 35.7 Å². The van der Waals surface area contributed by atoms with Crippen LogP contribution in [-0.2, 0) is 24.2 Å². The standard InChI is InChI=1S/C27H36N6O2S/c1-5-6-7-21-32-22-23(24-20(12-15-36-24)31-25(22)28)33(21)17-19-10-8-18(9-11-19)16-29-13-14-30-26(34)35-27(2,3)4/h8-12,15,29H,5-7,13-14,16-17H2,1-4H3,(H2,28,31)(H,30,34). The van der Waals surface area contributed by atoms with Crippen LogP contribution in [0.3, 0.4) is 0 Å². The number of ether oxygens (including phenoxy) is 1. The Kier molecular flexibility index (Phi) is 8.11. The molecule has 0 bridgehead atoms. The van der Waals surface area contributed by atoms with Crippen molar-refractivity contribution in [3.05, 3.63) is 52.7 Å². The van der Waals surface area contributed by atoms with Crippen molar-refractivity contribution in [2.45, 2.75) is 65.6 Å². The molecule has 3 aromatic heterocycles. The monoisotopic (exact) mass is 508 g/mol. The van der Waals surface area contributed by atoms with Crippen molar-refractivity contribution in [2.24, 2.45) is 0 Å². The number of nitrogens with two attached hydrogens (primary N) is 1. The van der Waals surface area contributed by atoms with E-state index in [0.29, 0.717) is 18.9 Å². The number of benzene rings is 1. The quantitative estimate of drug-likeness (QED) is 0.253. The molecule has 9 heteroatoms. The summed E-state index contributed by atoms with van der Waals surface area (Å²) in [5.74, 6) is 1.56. The SMILES string of the molecule is CCCCc1nc2c(N)nc3ccsc3c2n1Cc1ccc(CNCCNC(=O)OC(C)(C)C)cc1. The summed E-state index contributed by atoms with van der Waals surface area (Å²) in [7, 11) is 0. The van der Waals surface area contributed by atoms with Crippen molar-refractivity contribution in [1.82, 2.24) is 25.2 Å². The Morgan fingerprint density at radius 3 is 2.58 bits per heavy atom. The number of anilines is 1. The van der Waals surface area contributed by atoms with E-state index in [2.05, 4.69) is 56.8 Å². The molecule has 4 aromatic rings. The number of rotatable bonds is 10. The Balaban J connectivity index is 1.41. The second-order valence-corrected chi connectivity index (χ2v) is 10.9. The number of aryl methyl sites for hydroxylation is 1. The first-order chi connectivity index (χ1) is 17.2. The number of imidazole rings is 1. The van der Waals surface area contributed by atoms with Crippen molar-refractivity contribution in [2.75, 3.05) is 18.8 Å². The maximum Gasteiger partial charge on any atom is 0.407 e. The minimum Gasteiger partial charge on any atom is -0.444 e. The molecule has 0 aliphatic carbocycles. The maximum atomic E-state index is 11.7. The van der Waals surface area contributed by atoms with Gasteiger partial charge in [0.15, 0.2) is 5.82 Å². The maximum absolute atomic E-state index is 11.7. The van der Waals surface area contributed by atoms with Crippen molar-refractivity contribution >= 4 is 44.5 Å². The van der Waals surface area contributed by atoms with Crippen molar-refractivity contribution in [3.63, 3.8) is 0 Å². The predicted molar refractivity (Wildman–Crippen MR) is 147 cm³/mol. The molecule has 192 valence electrons. The third-order valence-electron chi connectivity index (χ3n) is 5.81. The third-order valence-corrected chi connectivity index (χ3v) is 6.72. The van der Waals surface area contributed by atoms with Crippen LogP contribution in [0.1, 0.15) is 57.5 Å². The zero-order valence-electron chi connectivity index (χ0n) is 21.6. The molecule has 0 radical (unpaired) electrons. The van der Waals surface area contributed by atoms with Gasteiger partial charge < -0.3 is 25.7 Å². The molecule has 8 nitrogen and oxygen atoms in total. The zero-order valence-corrected chi connectivity index (χ0v) is 22.4. The van der Waals surface area contributed by atoms with Crippen LogP contribution in [0.5, 0.6) is 0 Å². The topological polar surface area (TPSA) is 107 Å². The largest absolute Gasteiger partial charge is 0.444 e. The van der Waals surface area contributed by atoms with Crippen LogP contribution >= 0.6 is 11.3 Å². The first-order valence-electron chi connectivity index (χ1n) is 12.5. The number of aromatic nitrogens is 3. The number of amides is 1. The number of pyridine rings is 1. The molecule has 0 aliphatic rings. The van der Waals surface area contributed by atoms with E-state index in [1.165, 1.54) is 11.1 Å². The highest BCUT2D eigenvalue weighted by Crippen LogP contribution is 2.33. The van der Waals surface area contributed by atoms with E-state index in [1.54, 1.807) is 11.3 Å². The van der Waals surface area contributed by atoms with Gasteiger partial charge >= 0.3 is 6.09 Å². The molecule has 0 aliphatic heterocycles. The Morgan fingerprint density at radius 1 is 1.11 bits per heavy atom. The van der Waals surface area contributed by atoms with Crippen LogP contribution in [0.2, 0.25) is 0 Å². The number of unbranched alkanes of at least 4 members (excludes halogenated alkanes) is 1. The van der Waals surface area contributed by atoms with Gasteiger partial charge in [0, 0.05) is 32.6 Å². The number of carbonyl (C=O) groups is 1. The number of hydrogen-bond donors (Lipinski definition) is 3. The highest BCUT2D eigenvalue weighted by atomic mass is 32.1. The summed E-state index contributed by atoms with van der Waals surface area (Å²) in [6.07, 6.45) is 2.71. The summed E-state index contributed by atoms with van der Waals surface area (Å²) in [5, 5.41) is 8.18. The van der Waals surface area contributed by atoms with Crippen molar-refractivity contribution in [3.8, 4) is 0 Å². The second-order valence-electron chi connectivity index (χ2n) is 9.97. The van der Waals surface area contributed by atoms with Gasteiger partial charge in [0.2, 0.25) is 0 Å². The molecule has 0 atom stereocenters. The lowest BCUT2D eigenvalue weighted by Crippen LogP contribution is -2.36. The van der Waals surface area contributed by atoms with Crippen LogP contribution < -0.4 is 16.4 Å². The minimum atomic E-state index is -0.488. The molecule has 36 heavy (non-hydrogen) atoms. The van der Waals surface area contributed by atoms with Crippen LogP contribution in [0.25, 0.3) is 21.3 Å². The fourth-order valence-corrected chi connectivity index (χ4v) is 4.99. The number of hydrogen-bond acceptors (Lipinski definition) is 7. The van der Waals surface area contributed by atoms with E-state index in [1.807, 2.05) is 26.8 Å². The van der Waals surface area contributed by atoms with Gasteiger partial charge in [0.1, 0.15) is 16.9 Å². The fourth-order valence-electron chi connectivity index (χ4n) is 4.10. The van der Waals surface area contributed by atoms with E-state index < -0.39 is 11.7 Å². The van der Waals surface area contributed by atoms with E-state index in [0.717, 1.165) is 59.4 Å². The molecule has 0 spiro atoms. The van der Waals surface area contributed by atoms with Gasteiger partial charge in [-0.1, -0.05) is 37.6 Å². The number of alkyl carbamates (subject to hydrolysis) is 1. The average Bonchev–Trinajstić information content (AvgIpc) is 3.42. The van der Waals surface area contributed by atoms with Gasteiger partial charge in [-0.15, -0.1) is 11.3 Å². The highest BCUT2D eigenvalue weighted by Gasteiger charge is 2.18. The number of thiophene rings is 1. The lowest BCUT2D eigenvalue weighted by Gasteiger charge is -2.19. The summed E-state index contributed by atoms with van der Waals surface area (Å²) in [6, 6.07) is 10.6. The second kappa shape index (κ2) is 11.3. The number of nitrogens with one attached hydrogen (secondary N) is 2. The molecular formula is C27H36N6O2S. The van der Waals surface area contributed by atoms with Gasteiger partial charge in [0.25, 0.3) is 0 Å². The molecule has 4 rings (SSSR count). The molecule has 1 amide bonds. The van der Waals surface area contributed by atoms with E-state index in [9.17, 15) is 4.79 Å². The normalized spacial score (nSPS) is 11.9. The first-order valence-corrected chi connectivity index (χ1v) is 13.4. The summed E-state index contributed by atoms with van der Waals surface area (Å²) < 4.78 is 8.70. The van der Waals surface area contributed by atoms with E-state index in [-0.39, 0.29) is 0 Å². The zero-order chi connectivity index (χ0) is 25.7.